The molecule has 2 nitrogen and oxygen atoms in total. The minimum Gasteiger partial charge on any atom is -0.456 e. The van der Waals surface area contributed by atoms with Gasteiger partial charge in [0.2, 0.25) is 0 Å². The zero-order chi connectivity index (χ0) is 14.0. The minimum atomic E-state index is -0.978. The molecule has 0 unspecified atom stereocenters. The van der Waals surface area contributed by atoms with Crippen LogP contribution in [0.5, 0.6) is 11.5 Å². The Kier molecular flexibility index (Phi) is 3.95. The van der Waals surface area contributed by atoms with Crippen LogP contribution in [0, 0.1) is 11.6 Å². The van der Waals surface area contributed by atoms with E-state index in [0.717, 1.165) is 12.1 Å². The number of ether oxygens (including phenoxy) is 1. The van der Waals surface area contributed by atoms with E-state index in [0.29, 0.717) is 15.8 Å². The monoisotopic (exact) mass is 326 g/mol. The number of benzene rings is 2. The quantitative estimate of drug-likeness (QED) is 0.763. The van der Waals surface area contributed by atoms with Gasteiger partial charge in [0.25, 0.3) is 0 Å². The predicted octanol–water partition coefficient (Wildman–Crippen LogP) is 4.72. The van der Waals surface area contributed by atoms with Crippen LogP contribution in [0.2, 0.25) is 0 Å². The van der Waals surface area contributed by atoms with Crippen molar-refractivity contribution in [3.8, 4) is 11.5 Å². The maximum absolute atomic E-state index is 13.0. The lowest BCUT2D eigenvalue weighted by atomic mass is 10.1. The second kappa shape index (κ2) is 5.48. The molecule has 0 saturated heterocycles. The van der Waals surface area contributed by atoms with Crippen LogP contribution in [-0.2, 0) is 0 Å². The Morgan fingerprint density at radius 1 is 1.11 bits per heavy atom. The van der Waals surface area contributed by atoms with E-state index in [1.807, 2.05) is 0 Å². The van der Waals surface area contributed by atoms with Crippen molar-refractivity contribution in [1.29, 1.82) is 0 Å². The molecule has 0 fully saturated rings. The van der Waals surface area contributed by atoms with Gasteiger partial charge in [0.15, 0.2) is 17.4 Å². The van der Waals surface area contributed by atoms with Crippen molar-refractivity contribution in [1.82, 2.24) is 0 Å². The molecule has 2 rings (SSSR count). The SMILES string of the molecule is CC(=O)c1ccc(Oc2ccc(F)c(F)c2)c(Br)c1. The maximum Gasteiger partial charge on any atom is 0.162 e. The van der Waals surface area contributed by atoms with Crippen molar-refractivity contribution in [2.24, 2.45) is 0 Å². The largest absolute Gasteiger partial charge is 0.456 e. The number of ketones is 1. The van der Waals surface area contributed by atoms with Crippen LogP contribution >= 0.6 is 15.9 Å². The number of carbonyl (C=O) groups is 1. The Hall–Kier alpha value is -1.75. The minimum absolute atomic E-state index is 0.0694. The smallest absolute Gasteiger partial charge is 0.162 e. The fourth-order valence-electron chi connectivity index (χ4n) is 1.47. The van der Waals surface area contributed by atoms with Crippen LogP contribution in [-0.4, -0.2) is 5.78 Å². The average molecular weight is 327 g/mol. The molecule has 0 spiro atoms. The number of halogens is 3. The molecule has 0 aliphatic heterocycles. The maximum atomic E-state index is 13.0. The van der Waals surface area contributed by atoms with Gasteiger partial charge in [-0.3, -0.25) is 4.79 Å². The van der Waals surface area contributed by atoms with E-state index >= 15 is 0 Å². The van der Waals surface area contributed by atoms with Gasteiger partial charge < -0.3 is 4.74 Å². The molecule has 5 heteroatoms. The fraction of sp³-hybridized carbons (Fsp3) is 0.0714. The van der Waals surface area contributed by atoms with E-state index in [2.05, 4.69) is 15.9 Å². The molecule has 2 aromatic carbocycles. The van der Waals surface area contributed by atoms with Crippen LogP contribution in [0.4, 0.5) is 8.78 Å². The van der Waals surface area contributed by atoms with E-state index in [4.69, 9.17) is 4.74 Å². The zero-order valence-corrected chi connectivity index (χ0v) is 11.5. The lowest BCUT2D eigenvalue weighted by Crippen LogP contribution is -1.93. The molecule has 0 saturated carbocycles. The number of rotatable bonds is 3. The van der Waals surface area contributed by atoms with Gasteiger partial charge in [0.05, 0.1) is 4.47 Å². The van der Waals surface area contributed by atoms with Crippen LogP contribution < -0.4 is 4.74 Å². The van der Waals surface area contributed by atoms with E-state index in [9.17, 15) is 13.6 Å². The first-order chi connectivity index (χ1) is 8.97. The number of hydrogen-bond donors (Lipinski definition) is 0. The Labute approximate surface area is 117 Å². The molecule has 0 aliphatic carbocycles. The molecule has 2 aromatic rings. The van der Waals surface area contributed by atoms with E-state index < -0.39 is 11.6 Å². The van der Waals surface area contributed by atoms with E-state index in [-0.39, 0.29) is 11.5 Å². The Morgan fingerprint density at radius 2 is 1.84 bits per heavy atom. The lowest BCUT2D eigenvalue weighted by Gasteiger charge is -2.08. The highest BCUT2D eigenvalue weighted by Gasteiger charge is 2.08. The molecular weight excluding hydrogens is 318 g/mol. The number of carbonyl (C=O) groups excluding carboxylic acids is 1. The Balaban J connectivity index is 2.28. The van der Waals surface area contributed by atoms with Crippen molar-refractivity contribution in [2.75, 3.05) is 0 Å². The number of hydrogen-bond acceptors (Lipinski definition) is 2. The molecule has 0 heterocycles. The van der Waals surface area contributed by atoms with E-state index in [1.54, 1.807) is 18.2 Å². The topological polar surface area (TPSA) is 26.3 Å². The third kappa shape index (κ3) is 3.17. The van der Waals surface area contributed by atoms with Gasteiger partial charge in [-0.05, 0) is 53.2 Å². The highest BCUT2D eigenvalue weighted by molar-refractivity contribution is 9.10. The Morgan fingerprint density at radius 3 is 2.42 bits per heavy atom. The zero-order valence-electron chi connectivity index (χ0n) is 9.91. The summed E-state index contributed by atoms with van der Waals surface area (Å²) in [5, 5.41) is 0. The van der Waals surface area contributed by atoms with Gasteiger partial charge in [0.1, 0.15) is 11.5 Å². The molecular formula is C14H9BrF2O2. The predicted molar refractivity (Wildman–Crippen MR) is 70.6 cm³/mol. The van der Waals surface area contributed by atoms with Gasteiger partial charge >= 0.3 is 0 Å². The molecule has 0 N–H and O–H groups in total. The third-order valence-corrected chi connectivity index (χ3v) is 3.08. The summed E-state index contributed by atoms with van der Waals surface area (Å²) in [7, 11) is 0. The van der Waals surface area contributed by atoms with Crippen LogP contribution in [0.15, 0.2) is 40.9 Å². The van der Waals surface area contributed by atoms with Crippen molar-refractivity contribution in [2.45, 2.75) is 6.92 Å². The number of Topliss-reactive ketones (excluding diaryl/α,β-unsaturated/α-hetero) is 1. The third-order valence-electron chi connectivity index (χ3n) is 2.46. The summed E-state index contributed by atoms with van der Waals surface area (Å²) in [5.74, 6) is -1.39. The van der Waals surface area contributed by atoms with Gasteiger partial charge in [-0.2, -0.15) is 0 Å². The standard InChI is InChI=1S/C14H9BrF2O2/c1-8(18)9-2-5-14(11(15)6-9)19-10-3-4-12(16)13(17)7-10/h2-7H,1H3. The molecule has 0 atom stereocenters. The van der Waals surface area contributed by atoms with Crippen LogP contribution in [0.3, 0.4) is 0 Å². The fourth-order valence-corrected chi connectivity index (χ4v) is 1.93. The van der Waals surface area contributed by atoms with E-state index in [1.165, 1.54) is 13.0 Å². The van der Waals surface area contributed by atoms with Gasteiger partial charge in [-0.15, -0.1) is 0 Å². The normalized spacial score (nSPS) is 10.3. The highest BCUT2D eigenvalue weighted by Crippen LogP contribution is 2.31. The molecule has 0 amide bonds. The summed E-state index contributed by atoms with van der Waals surface area (Å²) in [4.78, 5) is 11.2. The summed E-state index contributed by atoms with van der Waals surface area (Å²) in [6, 6.07) is 8.06. The molecule has 0 radical (unpaired) electrons. The molecule has 0 aromatic heterocycles. The first-order valence-corrected chi connectivity index (χ1v) is 6.20. The van der Waals surface area contributed by atoms with Crippen molar-refractivity contribution < 1.29 is 18.3 Å². The molecule has 19 heavy (non-hydrogen) atoms. The Bertz CT molecular complexity index is 641. The average Bonchev–Trinajstić information content (AvgIpc) is 2.36. The summed E-state index contributed by atoms with van der Waals surface area (Å²) in [6.07, 6.45) is 0. The van der Waals surface area contributed by atoms with Gasteiger partial charge in [0, 0.05) is 11.6 Å². The molecule has 98 valence electrons. The van der Waals surface area contributed by atoms with Gasteiger partial charge in [-0.1, -0.05) is 0 Å². The first-order valence-electron chi connectivity index (χ1n) is 5.41. The highest BCUT2D eigenvalue weighted by atomic mass is 79.9. The lowest BCUT2D eigenvalue weighted by molar-refractivity contribution is 0.101. The molecule has 0 bridgehead atoms. The summed E-state index contributed by atoms with van der Waals surface area (Å²) in [5.41, 5.74) is 0.532. The van der Waals surface area contributed by atoms with Crippen LogP contribution in [0.1, 0.15) is 17.3 Å². The second-order valence-electron chi connectivity index (χ2n) is 3.88. The summed E-state index contributed by atoms with van der Waals surface area (Å²) in [6.45, 7) is 1.46. The van der Waals surface area contributed by atoms with Crippen LogP contribution in [0.25, 0.3) is 0 Å². The van der Waals surface area contributed by atoms with Gasteiger partial charge in [-0.25, -0.2) is 8.78 Å². The first kappa shape index (κ1) is 13.7. The van der Waals surface area contributed by atoms with Crippen molar-refractivity contribution in [3.63, 3.8) is 0 Å². The van der Waals surface area contributed by atoms with Crippen molar-refractivity contribution in [3.05, 3.63) is 58.1 Å². The second-order valence-corrected chi connectivity index (χ2v) is 4.73. The molecule has 0 aliphatic rings. The van der Waals surface area contributed by atoms with Crippen molar-refractivity contribution >= 4 is 21.7 Å². The summed E-state index contributed by atoms with van der Waals surface area (Å²) >= 11 is 3.26. The summed E-state index contributed by atoms with van der Waals surface area (Å²) < 4.78 is 31.8.